The van der Waals surface area contributed by atoms with E-state index in [9.17, 15) is 4.39 Å². The van der Waals surface area contributed by atoms with Gasteiger partial charge in [-0.15, -0.1) is 0 Å². The molecule has 80 valence electrons. The van der Waals surface area contributed by atoms with E-state index in [1.54, 1.807) is 12.1 Å². The van der Waals surface area contributed by atoms with Crippen molar-refractivity contribution in [3.05, 3.63) is 35.6 Å². The van der Waals surface area contributed by atoms with E-state index in [1.165, 1.54) is 12.1 Å². The maximum Gasteiger partial charge on any atom is 0.188 e. The van der Waals surface area contributed by atoms with Crippen LogP contribution in [0.3, 0.4) is 0 Å². The summed E-state index contributed by atoms with van der Waals surface area (Å²) in [4.78, 5) is 4.23. The summed E-state index contributed by atoms with van der Waals surface area (Å²) < 4.78 is 18.1. The van der Waals surface area contributed by atoms with Crippen molar-refractivity contribution in [2.24, 2.45) is 10.7 Å². The topological polar surface area (TPSA) is 47.6 Å². The standard InChI is InChI=1S/C11H13FN2O/c12-9-3-1-8(2-4-9)5-11-14-7-10(6-13)15-11/h1-4,10H,5-7,13H2. The quantitative estimate of drug-likeness (QED) is 0.809. The second-order valence-electron chi connectivity index (χ2n) is 3.51. The predicted octanol–water partition coefficient (Wildman–Crippen LogP) is 1.12. The van der Waals surface area contributed by atoms with Gasteiger partial charge in [0.1, 0.15) is 11.9 Å². The molecule has 0 radical (unpaired) electrons. The third kappa shape index (κ3) is 2.53. The number of halogens is 1. The zero-order valence-electron chi connectivity index (χ0n) is 8.32. The Morgan fingerprint density at radius 3 is 2.73 bits per heavy atom. The highest BCUT2D eigenvalue weighted by Gasteiger charge is 2.17. The molecule has 0 aliphatic carbocycles. The second kappa shape index (κ2) is 4.40. The highest BCUT2D eigenvalue weighted by molar-refractivity contribution is 5.80. The molecule has 0 amide bonds. The van der Waals surface area contributed by atoms with Crippen LogP contribution in [0.25, 0.3) is 0 Å². The summed E-state index contributed by atoms with van der Waals surface area (Å²) in [6.45, 7) is 1.11. The highest BCUT2D eigenvalue weighted by Crippen LogP contribution is 2.10. The number of nitrogens with two attached hydrogens (primary N) is 1. The van der Waals surface area contributed by atoms with Gasteiger partial charge in [0.25, 0.3) is 0 Å². The maximum atomic E-state index is 12.6. The molecule has 0 aromatic heterocycles. The van der Waals surface area contributed by atoms with Crippen LogP contribution in [0.5, 0.6) is 0 Å². The van der Waals surface area contributed by atoms with Gasteiger partial charge in [-0.2, -0.15) is 0 Å². The summed E-state index contributed by atoms with van der Waals surface area (Å²) in [6.07, 6.45) is 0.622. The van der Waals surface area contributed by atoms with Gasteiger partial charge in [-0.3, -0.25) is 4.99 Å². The summed E-state index contributed by atoms with van der Waals surface area (Å²) in [7, 11) is 0. The summed E-state index contributed by atoms with van der Waals surface area (Å²) in [6, 6.07) is 6.34. The first-order chi connectivity index (χ1) is 7.28. The molecule has 2 N–H and O–H groups in total. The van der Waals surface area contributed by atoms with Gasteiger partial charge in [-0.1, -0.05) is 12.1 Å². The van der Waals surface area contributed by atoms with Crippen molar-refractivity contribution in [1.82, 2.24) is 0 Å². The van der Waals surface area contributed by atoms with Gasteiger partial charge in [-0.05, 0) is 17.7 Å². The Morgan fingerprint density at radius 2 is 2.13 bits per heavy atom. The van der Waals surface area contributed by atoms with Crippen molar-refractivity contribution in [3.8, 4) is 0 Å². The molecule has 1 aromatic carbocycles. The van der Waals surface area contributed by atoms with Crippen LogP contribution >= 0.6 is 0 Å². The minimum absolute atomic E-state index is 0.0143. The fraction of sp³-hybridized carbons (Fsp3) is 0.364. The molecule has 1 aromatic rings. The van der Waals surface area contributed by atoms with E-state index in [-0.39, 0.29) is 11.9 Å². The van der Waals surface area contributed by atoms with Gasteiger partial charge < -0.3 is 10.5 Å². The largest absolute Gasteiger partial charge is 0.474 e. The van der Waals surface area contributed by atoms with E-state index in [0.29, 0.717) is 25.4 Å². The molecular formula is C11H13FN2O. The minimum Gasteiger partial charge on any atom is -0.474 e. The molecule has 0 saturated heterocycles. The number of hydrogen-bond acceptors (Lipinski definition) is 3. The Balaban J connectivity index is 1.95. The Morgan fingerprint density at radius 1 is 1.40 bits per heavy atom. The molecule has 0 saturated carbocycles. The van der Waals surface area contributed by atoms with Crippen LogP contribution in [-0.4, -0.2) is 25.1 Å². The molecule has 0 bridgehead atoms. The Kier molecular flexibility index (Phi) is 2.97. The number of nitrogens with zero attached hydrogens (tertiary/aromatic N) is 1. The fourth-order valence-corrected chi connectivity index (χ4v) is 1.47. The van der Waals surface area contributed by atoms with Crippen LogP contribution in [0, 0.1) is 5.82 Å². The molecule has 3 nitrogen and oxygen atoms in total. The molecule has 2 rings (SSSR count). The first kappa shape index (κ1) is 10.1. The fourth-order valence-electron chi connectivity index (χ4n) is 1.47. The van der Waals surface area contributed by atoms with E-state index < -0.39 is 0 Å². The first-order valence-corrected chi connectivity index (χ1v) is 4.92. The van der Waals surface area contributed by atoms with Gasteiger partial charge in [0.05, 0.1) is 6.54 Å². The molecule has 1 heterocycles. The van der Waals surface area contributed by atoms with E-state index in [2.05, 4.69) is 4.99 Å². The average molecular weight is 208 g/mol. The van der Waals surface area contributed by atoms with E-state index >= 15 is 0 Å². The average Bonchev–Trinajstić information content (AvgIpc) is 2.69. The van der Waals surface area contributed by atoms with Crippen LogP contribution in [0.2, 0.25) is 0 Å². The van der Waals surface area contributed by atoms with Gasteiger partial charge in [0, 0.05) is 13.0 Å². The van der Waals surface area contributed by atoms with Crippen LogP contribution in [0.15, 0.2) is 29.3 Å². The third-order valence-corrected chi connectivity index (χ3v) is 2.31. The smallest absolute Gasteiger partial charge is 0.188 e. The molecule has 4 heteroatoms. The van der Waals surface area contributed by atoms with E-state index in [0.717, 1.165) is 5.56 Å². The Labute approximate surface area is 87.8 Å². The van der Waals surface area contributed by atoms with Crippen LogP contribution in [-0.2, 0) is 11.2 Å². The first-order valence-electron chi connectivity index (χ1n) is 4.92. The van der Waals surface area contributed by atoms with Crippen molar-refractivity contribution >= 4 is 5.90 Å². The van der Waals surface area contributed by atoms with Gasteiger partial charge in [-0.25, -0.2) is 4.39 Å². The van der Waals surface area contributed by atoms with Crippen LogP contribution < -0.4 is 5.73 Å². The van der Waals surface area contributed by atoms with Crippen molar-refractivity contribution in [2.45, 2.75) is 12.5 Å². The summed E-state index contributed by atoms with van der Waals surface area (Å²) >= 11 is 0. The van der Waals surface area contributed by atoms with E-state index in [4.69, 9.17) is 10.5 Å². The van der Waals surface area contributed by atoms with Gasteiger partial charge >= 0.3 is 0 Å². The van der Waals surface area contributed by atoms with Crippen LogP contribution in [0.1, 0.15) is 5.56 Å². The second-order valence-corrected chi connectivity index (χ2v) is 3.51. The van der Waals surface area contributed by atoms with Crippen molar-refractivity contribution in [2.75, 3.05) is 13.1 Å². The Hall–Kier alpha value is -1.42. The monoisotopic (exact) mass is 208 g/mol. The molecular weight excluding hydrogens is 195 g/mol. The highest BCUT2D eigenvalue weighted by atomic mass is 19.1. The molecule has 0 fully saturated rings. The normalized spacial score (nSPS) is 19.9. The van der Waals surface area contributed by atoms with Crippen molar-refractivity contribution in [1.29, 1.82) is 0 Å². The van der Waals surface area contributed by atoms with Gasteiger partial charge in [0.15, 0.2) is 5.90 Å². The SMILES string of the molecule is NCC1CN=C(Cc2ccc(F)cc2)O1. The number of rotatable bonds is 3. The summed E-state index contributed by atoms with van der Waals surface area (Å²) in [5.41, 5.74) is 6.45. The summed E-state index contributed by atoms with van der Waals surface area (Å²) in [5, 5.41) is 0. The molecule has 15 heavy (non-hydrogen) atoms. The molecule has 1 aliphatic heterocycles. The number of ether oxygens (including phenoxy) is 1. The van der Waals surface area contributed by atoms with Gasteiger partial charge in [0.2, 0.25) is 0 Å². The number of hydrogen-bond donors (Lipinski definition) is 1. The molecule has 1 atom stereocenters. The zero-order valence-corrected chi connectivity index (χ0v) is 8.32. The Bertz CT molecular complexity index is 361. The minimum atomic E-state index is -0.229. The lowest BCUT2D eigenvalue weighted by molar-refractivity contribution is 0.228. The van der Waals surface area contributed by atoms with Crippen molar-refractivity contribution in [3.63, 3.8) is 0 Å². The van der Waals surface area contributed by atoms with Crippen LogP contribution in [0.4, 0.5) is 4.39 Å². The van der Waals surface area contributed by atoms with E-state index in [1.807, 2.05) is 0 Å². The number of benzene rings is 1. The lowest BCUT2D eigenvalue weighted by atomic mass is 10.1. The third-order valence-electron chi connectivity index (χ3n) is 2.31. The lowest BCUT2D eigenvalue weighted by Crippen LogP contribution is -2.24. The summed E-state index contributed by atoms with van der Waals surface area (Å²) in [5.74, 6) is 0.463. The molecule has 1 unspecified atom stereocenters. The van der Waals surface area contributed by atoms with Crippen molar-refractivity contribution < 1.29 is 9.13 Å². The lowest BCUT2D eigenvalue weighted by Gasteiger charge is -2.08. The zero-order chi connectivity index (χ0) is 10.7. The predicted molar refractivity (Wildman–Crippen MR) is 56.3 cm³/mol. The number of aliphatic imine (C=N–C) groups is 1. The maximum absolute atomic E-state index is 12.6. The molecule has 1 aliphatic rings. The molecule has 0 spiro atoms.